The van der Waals surface area contributed by atoms with E-state index in [1.807, 2.05) is 11.8 Å². The number of aromatic nitrogens is 1. The molecule has 0 amide bonds. The molecule has 0 atom stereocenters. The molecule has 2 rings (SSSR count). The summed E-state index contributed by atoms with van der Waals surface area (Å²) in [6.45, 7) is 0.908. The van der Waals surface area contributed by atoms with E-state index in [-0.39, 0.29) is 0 Å². The number of rotatable bonds is 4. The van der Waals surface area contributed by atoms with E-state index >= 15 is 0 Å². The molecule has 5 heteroatoms. The Morgan fingerprint density at radius 2 is 2.31 bits per heavy atom. The first-order chi connectivity index (χ1) is 7.65. The average molecular weight is 258 g/mol. The van der Waals surface area contributed by atoms with Crippen LogP contribution >= 0.6 is 23.4 Å². The van der Waals surface area contributed by atoms with Gasteiger partial charge in [-0.05, 0) is 31.2 Å². The largest absolute Gasteiger partial charge is 0.396 e. The van der Waals surface area contributed by atoms with Gasteiger partial charge in [0.05, 0.1) is 5.69 Å². The van der Waals surface area contributed by atoms with Gasteiger partial charge in [-0.1, -0.05) is 18.0 Å². The minimum atomic E-state index is 0.371. The van der Waals surface area contributed by atoms with Crippen molar-refractivity contribution in [2.24, 2.45) is 0 Å². The maximum absolute atomic E-state index is 5.84. The Bertz CT molecular complexity index is 374. The average Bonchev–Trinajstić information content (AvgIpc) is 2.22. The van der Waals surface area contributed by atoms with Crippen LogP contribution in [-0.4, -0.2) is 22.5 Å². The maximum Gasteiger partial charge on any atom is 0.151 e. The predicted octanol–water partition coefficient (Wildman–Crippen LogP) is 3.01. The lowest BCUT2D eigenvalue weighted by Gasteiger charge is -2.40. The minimum Gasteiger partial charge on any atom is -0.396 e. The number of pyridine rings is 1. The van der Waals surface area contributed by atoms with Crippen LogP contribution in [-0.2, 0) is 0 Å². The Kier molecular flexibility index (Phi) is 3.50. The number of hydrogen-bond acceptors (Lipinski definition) is 4. The van der Waals surface area contributed by atoms with E-state index in [0.29, 0.717) is 21.4 Å². The van der Waals surface area contributed by atoms with E-state index in [1.165, 1.54) is 19.3 Å². The molecule has 1 fully saturated rings. The van der Waals surface area contributed by atoms with Gasteiger partial charge in [-0.25, -0.2) is 4.98 Å². The normalized spacial score (nSPS) is 17.9. The van der Waals surface area contributed by atoms with E-state index in [1.54, 1.807) is 12.1 Å². The van der Waals surface area contributed by atoms with Crippen LogP contribution in [0.4, 0.5) is 11.5 Å². The number of nitrogens with one attached hydrogen (secondary N) is 1. The van der Waals surface area contributed by atoms with Gasteiger partial charge in [-0.3, -0.25) is 0 Å². The van der Waals surface area contributed by atoms with Gasteiger partial charge in [-0.15, -0.1) is 0 Å². The Morgan fingerprint density at radius 1 is 1.56 bits per heavy atom. The summed E-state index contributed by atoms with van der Waals surface area (Å²) in [6, 6.07) is 3.49. The van der Waals surface area contributed by atoms with Gasteiger partial charge in [0.2, 0.25) is 0 Å². The fourth-order valence-corrected chi connectivity index (χ4v) is 2.92. The highest BCUT2D eigenvalue weighted by atomic mass is 35.5. The first-order valence-electron chi connectivity index (χ1n) is 5.36. The van der Waals surface area contributed by atoms with Crippen molar-refractivity contribution in [3.8, 4) is 0 Å². The fourth-order valence-electron chi connectivity index (χ4n) is 1.86. The topological polar surface area (TPSA) is 50.9 Å². The number of hydrogen-bond donors (Lipinski definition) is 2. The van der Waals surface area contributed by atoms with E-state index in [9.17, 15) is 0 Å². The molecule has 1 aliphatic rings. The highest BCUT2D eigenvalue weighted by Crippen LogP contribution is 2.42. The molecule has 0 saturated heterocycles. The van der Waals surface area contributed by atoms with Crippen LogP contribution in [0.25, 0.3) is 0 Å². The minimum absolute atomic E-state index is 0.371. The molecule has 3 nitrogen and oxygen atoms in total. The fraction of sp³-hybridized carbons (Fsp3) is 0.545. The van der Waals surface area contributed by atoms with Crippen LogP contribution in [0.1, 0.15) is 19.3 Å². The van der Waals surface area contributed by atoms with Gasteiger partial charge < -0.3 is 11.1 Å². The van der Waals surface area contributed by atoms with Gasteiger partial charge >= 0.3 is 0 Å². The summed E-state index contributed by atoms with van der Waals surface area (Å²) < 4.78 is 0.371. The lowest BCUT2D eigenvalue weighted by Crippen LogP contribution is -2.40. The lowest BCUT2D eigenvalue weighted by atomic mass is 9.84. The Labute approximate surface area is 105 Å². The molecule has 0 unspecified atom stereocenters. The molecule has 1 saturated carbocycles. The van der Waals surface area contributed by atoms with Gasteiger partial charge in [0.25, 0.3) is 0 Å². The third-order valence-corrected chi connectivity index (χ3v) is 4.80. The van der Waals surface area contributed by atoms with Crippen molar-refractivity contribution >= 4 is 34.9 Å². The zero-order valence-electron chi connectivity index (χ0n) is 9.29. The van der Waals surface area contributed by atoms with Crippen molar-refractivity contribution in [1.29, 1.82) is 0 Å². The molecule has 0 bridgehead atoms. The summed E-state index contributed by atoms with van der Waals surface area (Å²) >= 11 is 7.76. The zero-order valence-corrected chi connectivity index (χ0v) is 10.9. The Balaban J connectivity index is 2.01. The number of nitrogens with zero attached hydrogens (tertiary/aromatic N) is 1. The molecular weight excluding hydrogens is 242 g/mol. The van der Waals surface area contributed by atoms with Crippen LogP contribution in [0.5, 0.6) is 0 Å². The summed E-state index contributed by atoms with van der Waals surface area (Å²) in [5.41, 5.74) is 6.48. The van der Waals surface area contributed by atoms with E-state index in [2.05, 4.69) is 16.6 Å². The van der Waals surface area contributed by atoms with Crippen molar-refractivity contribution in [3.63, 3.8) is 0 Å². The molecule has 0 aliphatic heterocycles. The smallest absolute Gasteiger partial charge is 0.151 e. The van der Waals surface area contributed by atoms with Crippen LogP contribution in [0.3, 0.4) is 0 Å². The number of anilines is 2. The molecule has 1 aliphatic carbocycles. The quantitative estimate of drug-likeness (QED) is 0.815. The van der Waals surface area contributed by atoms with Crippen LogP contribution in [0.2, 0.25) is 5.15 Å². The lowest BCUT2D eigenvalue weighted by molar-refractivity contribution is 0.379. The number of nitrogen functional groups attached to an aromatic ring is 1. The second-order valence-electron chi connectivity index (χ2n) is 4.17. The Morgan fingerprint density at radius 3 is 2.88 bits per heavy atom. The molecule has 16 heavy (non-hydrogen) atoms. The van der Waals surface area contributed by atoms with Gasteiger partial charge in [-0.2, -0.15) is 11.8 Å². The van der Waals surface area contributed by atoms with Gasteiger partial charge in [0.15, 0.2) is 5.82 Å². The third-order valence-electron chi connectivity index (χ3n) is 3.17. The monoisotopic (exact) mass is 257 g/mol. The van der Waals surface area contributed by atoms with E-state index in [0.717, 1.165) is 6.54 Å². The molecule has 3 N–H and O–H groups in total. The number of halogens is 1. The zero-order chi connectivity index (χ0) is 11.6. The summed E-state index contributed by atoms with van der Waals surface area (Å²) in [6.07, 6.45) is 6.01. The number of thioether (sulfide) groups is 1. The van der Waals surface area contributed by atoms with Crippen LogP contribution in [0.15, 0.2) is 12.1 Å². The van der Waals surface area contributed by atoms with Crippen LogP contribution < -0.4 is 11.1 Å². The first kappa shape index (κ1) is 11.9. The van der Waals surface area contributed by atoms with Crippen molar-refractivity contribution in [2.45, 2.75) is 24.0 Å². The SMILES string of the molecule is CSC1(CNc2nc(Cl)ccc2N)CCC1. The molecule has 1 aromatic rings. The summed E-state index contributed by atoms with van der Waals surface area (Å²) in [5, 5.41) is 3.78. The van der Waals surface area contributed by atoms with Crippen LogP contribution in [0, 0.1) is 0 Å². The first-order valence-corrected chi connectivity index (χ1v) is 6.96. The van der Waals surface area contributed by atoms with Gasteiger partial charge in [0, 0.05) is 11.3 Å². The second kappa shape index (κ2) is 4.72. The van der Waals surface area contributed by atoms with Crippen molar-refractivity contribution in [2.75, 3.05) is 23.9 Å². The standard InChI is InChI=1S/C11H16ClN3S/c1-16-11(5-2-6-11)7-14-10-8(13)3-4-9(12)15-10/h3-4H,2,5-7,13H2,1H3,(H,14,15). The molecule has 88 valence electrons. The summed E-state index contributed by atoms with van der Waals surface area (Å²) in [7, 11) is 0. The molecular formula is C11H16ClN3S. The highest BCUT2D eigenvalue weighted by molar-refractivity contribution is 8.00. The second-order valence-corrected chi connectivity index (χ2v) is 5.83. The molecule has 0 aromatic carbocycles. The summed E-state index contributed by atoms with van der Waals surface area (Å²) in [5.74, 6) is 0.702. The van der Waals surface area contributed by atoms with E-state index in [4.69, 9.17) is 17.3 Å². The molecule has 0 radical (unpaired) electrons. The van der Waals surface area contributed by atoms with Crippen molar-refractivity contribution in [3.05, 3.63) is 17.3 Å². The Hall–Kier alpha value is -0.610. The number of nitrogens with two attached hydrogens (primary N) is 1. The molecule has 1 aromatic heterocycles. The highest BCUT2D eigenvalue weighted by Gasteiger charge is 2.35. The molecule has 1 heterocycles. The van der Waals surface area contributed by atoms with E-state index < -0.39 is 0 Å². The maximum atomic E-state index is 5.84. The van der Waals surface area contributed by atoms with Crippen molar-refractivity contribution in [1.82, 2.24) is 4.98 Å². The van der Waals surface area contributed by atoms with Gasteiger partial charge in [0.1, 0.15) is 5.15 Å². The summed E-state index contributed by atoms with van der Waals surface area (Å²) in [4.78, 5) is 4.19. The third kappa shape index (κ3) is 2.38. The molecule has 0 spiro atoms. The predicted molar refractivity (Wildman–Crippen MR) is 72.2 cm³/mol. The van der Waals surface area contributed by atoms with Crippen molar-refractivity contribution < 1.29 is 0 Å².